The SMILES string of the molecule is C1=CC(c2nc(-c3ccc(-c4cccc5ccccc45)cc3)cc(-c3cccc(-c4cccnc4)c3)n2)=CC(c2ccc3c4ccccc4c4ccccc4c3c2)C1. The van der Waals surface area contributed by atoms with E-state index in [2.05, 4.69) is 193 Å². The van der Waals surface area contributed by atoms with Gasteiger partial charge in [0.1, 0.15) is 0 Å². The standard InChI is InChI=1S/C55H37N3/c1-2-18-45-36(11-1)12-9-23-46(45)37-24-26-38(27-25-37)53-34-54(42-15-7-14-40(31-42)44-17-10-30-56-35-44)58-55(57-53)43-16-8-13-39(32-43)41-28-29-51-49-21-4-3-19-47(49)48-20-5-6-22-50(48)52(51)33-41/h1-12,14-35,39H,13H2. The monoisotopic (exact) mass is 739 g/mol. The number of benzene rings is 8. The van der Waals surface area contributed by atoms with Gasteiger partial charge in [0.2, 0.25) is 0 Å². The summed E-state index contributed by atoms with van der Waals surface area (Å²) in [5.41, 5.74) is 10.7. The number of hydrogen-bond acceptors (Lipinski definition) is 3. The van der Waals surface area contributed by atoms with Crippen molar-refractivity contribution >= 4 is 48.7 Å². The van der Waals surface area contributed by atoms with Crippen LogP contribution < -0.4 is 0 Å². The first kappa shape index (κ1) is 33.8. The van der Waals surface area contributed by atoms with Gasteiger partial charge in [0.05, 0.1) is 11.4 Å². The topological polar surface area (TPSA) is 38.7 Å². The predicted molar refractivity (Wildman–Crippen MR) is 243 cm³/mol. The Bertz CT molecular complexity index is 3210. The van der Waals surface area contributed by atoms with Crippen molar-refractivity contribution in [3.63, 3.8) is 0 Å². The van der Waals surface area contributed by atoms with Crippen LogP contribution in [-0.4, -0.2) is 15.0 Å². The molecule has 0 aliphatic heterocycles. The number of rotatable bonds is 6. The number of pyridine rings is 1. The number of fused-ring (bicyclic) bond motifs is 7. The molecule has 0 radical (unpaired) electrons. The molecule has 11 rings (SSSR count). The largest absolute Gasteiger partial charge is 0.264 e. The van der Waals surface area contributed by atoms with Crippen LogP contribution in [-0.2, 0) is 0 Å². The first-order valence-corrected chi connectivity index (χ1v) is 19.9. The summed E-state index contributed by atoms with van der Waals surface area (Å²) in [6.45, 7) is 0. The fourth-order valence-corrected chi connectivity index (χ4v) is 8.78. The van der Waals surface area contributed by atoms with E-state index in [0.717, 1.165) is 51.5 Å². The van der Waals surface area contributed by atoms with Crippen LogP contribution in [0.5, 0.6) is 0 Å². The maximum Gasteiger partial charge on any atom is 0.160 e. The zero-order valence-electron chi connectivity index (χ0n) is 31.8. The van der Waals surface area contributed by atoms with Crippen molar-refractivity contribution < 1.29 is 0 Å². The minimum Gasteiger partial charge on any atom is -0.264 e. The summed E-state index contributed by atoms with van der Waals surface area (Å²) in [4.78, 5) is 15.0. The average molecular weight is 740 g/mol. The van der Waals surface area contributed by atoms with Crippen LogP contribution in [0.15, 0.2) is 207 Å². The molecule has 1 aliphatic rings. The Morgan fingerprint density at radius 3 is 1.81 bits per heavy atom. The van der Waals surface area contributed by atoms with Crippen molar-refractivity contribution in [1.82, 2.24) is 15.0 Å². The molecule has 2 heterocycles. The summed E-state index contributed by atoms with van der Waals surface area (Å²) >= 11 is 0. The van der Waals surface area contributed by atoms with Crippen LogP contribution in [0, 0.1) is 0 Å². The Labute approximate surface area is 337 Å². The number of allylic oxidation sites excluding steroid dienone is 4. The van der Waals surface area contributed by atoms with Gasteiger partial charge in [0.25, 0.3) is 0 Å². The van der Waals surface area contributed by atoms with E-state index in [1.165, 1.54) is 59.8 Å². The molecule has 3 nitrogen and oxygen atoms in total. The van der Waals surface area contributed by atoms with Gasteiger partial charge in [0.15, 0.2) is 5.82 Å². The van der Waals surface area contributed by atoms with Gasteiger partial charge < -0.3 is 0 Å². The van der Waals surface area contributed by atoms with E-state index in [-0.39, 0.29) is 5.92 Å². The fourth-order valence-electron chi connectivity index (χ4n) is 8.78. The highest BCUT2D eigenvalue weighted by Crippen LogP contribution is 2.39. The molecule has 0 spiro atoms. The molecule has 3 heteroatoms. The number of hydrogen-bond donors (Lipinski definition) is 0. The molecule has 1 unspecified atom stereocenters. The van der Waals surface area contributed by atoms with Crippen molar-refractivity contribution in [2.45, 2.75) is 12.3 Å². The molecule has 0 bridgehead atoms. The van der Waals surface area contributed by atoms with Crippen LogP contribution in [0.3, 0.4) is 0 Å². The highest BCUT2D eigenvalue weighted by molar-refractivity contribution is 6.25. The summed E-state index contributed by atoms with van der Waals surface area (Å²) in [5, 5.41) is 10.2. The lowest BCUT2D eigenvalue weighted by Crippen LogP contribution is -2.04. The summed E-state index contributed by atoms with van der Waals surface area (Å²) in [6.07, 6.45) is 11.5. The van der Waals surface area contributed by atoms with E-state index in [4.69, 9.17) is 9.97 Å². The predicted octanol–water partition coefficient (Wildman–Crippen LogP) is 14.3. The summed E-state index contributed by atoms with van der Waals surface area (Å²) in [7, 11) is 0. The van der Waals surface area contributed by atoms with Crippen LogP contribution >= 0.6 is 0 Å². The van der Waals surface area contributed by atoms with E-state index < -0.39 is 0 Å². The molecule has 1 atom stereocenters. The second kappa shape index (κ2) is 14.2. The summed E-state index contributed by atoms with van der Waals surface area (Å²) in [6, 6.07) is 63.2. The van der Waals surface area contributed by atoms with Gasteiger partial charge in [0, 0.05) is 40.6 Å². The van der Waals surface area contributed by atoms with Gasteiger partial charge in [-0.15, -0.1) is 0 Å². The molecule has 0 fully saturated rings. The first-order valence-electron chi connectivity index (χ1n) is 19.9. The zero-order chi connectivity index (χ0) is 38.4. The second-order valence-electron chi connectivity index (χ2n) is 15.2. The molecule has 272 valence electrons. The Morgan fingerprint density at radius 2 is 1.05 bits per heavy atom. The normalized spacial score (nSPS) is 14.0. The smallest absolute Gasteiger partial charge is 0.160 e. The molecule has 0 saturated heterocycles. The van der Waals surface area contributed by atoms with Gasteiger partial charge in [-0.3, -0.25) is 4.98 Å². The van der Waals surface area contributed by atoms with Gasteiger partial charge in [-0.25, -0.2) is 9.97 Å². The maximum atomic E-state index is 5.30. The molecule has 0 N–H and O–H groups in total. The van der Waals surface area contributed by atoms with Crippen LogP contribution in [0.4, 0.5) is 0 Å². The number of aromatic nitrogens is 3. The van der Waals surface area contributed by atoms with E-state index in [0.29, 0.717) is 0 Å². The Hall–Kier alpha value is -7.49. The van der Waals surface area contributed by atoms with E-state index in [9.17, 15) is 0 Å². The Balaban J connectivity index is 1.02. The molecule has 58 heavy (non-hydrogen) atoms. The summed E-state index contributed by atoms with van der Waals surface area (Å²) in [5.74, 6) is 0.898. The highest BCUT2D eigenvalue weighted by Gasteiger charge is 2.19. The molecule has 2 aromatic heterocycles. The molecule has 0 amide bonds. The third-order valence-electron chi connectivity index (χ3n) is 11.7. The van der Waals surface area contributed by atoms with Crippen molar-refractivity contribution in [2.24, 2.45) is 0 Å². The molecule has 10 aromatic rings. The van der Waals surface area contributed by atoms with Gasteiger partial charge in [-0.05, 0) is 96.0 Å². The molecular weight excluding hydrogens is 703 g/mol. The fraction of sp³-hybridized carbons (Fsp3) is 0.0364. The minimum atomic E-state index is 0.180. The van der Waals surface area contributed by atoms with E-state index in [1.807, 2.05) is 18.5 Å². The van der Waals surface area contributed by atoms with Crippen molar-refractivity contribution in [3.05, 3.63) is 218 Å². The van der Waals surface area contributed by atoms with Crippen LogP contribution in [0.2, 0.25) is 0 Å². The van der Waals surface area contributed by atoms with Crippen molar-refractivity contribution in [2.75, 3.05) is 0 Å². The third kappa shape index (κ3) is 6.05. The zero-order valence-corrected chi connectivity index (χ0v) is 31.8. The van der Waals surface area contributed by atoms with Crippen molar-refractivity contribution in [1.29, 1.82) is 0 Å². The van der Waals surface area contributed by atoms with Gasteiger partial charge in [-0.1, -0.05) is 170 Å². The van der Waals surface area contributed by atoms with Gasteiger partial charge in [-0.2, -0.15) is 0 Å². The third-order valence-corrected chi connectivity index (χ3v) is 11.7. The van der Waals surface area contributed by atoms with Crippen molar-refractivity contribution in [3.8, 4) is 44.8 Å². The van der Waals surface area contributed by atoms with Crippen LogP contribution in [0.1, 0.15) is 23.7 Å². The molecule has 1 aliphatic carbocycles. The lowest BCUT2D eigenvalue weighted by atomic mass is 9.86. The average Bonchev–Trinajstić information content (AvgIpc) is 3.31. The maximum absolute atomic E-state index is 5.30. The lowest BCUT2D eigenvalue weighted by Gasteiger charge is -2.19. The molecule has 0 saturated carbocycles. The Morgan fingerprint density at radius 1 is 0.431 bits per heavy atom. The quantitative estimate of drug-likeness (QED) is 0.159. The summed E-state index contributed by atoms with van der Waals surface area (Å²) < 4.78 is 0. The van der Waals surface area contributed by atoms with Gasteiger partial charge >= 0.3 is 0 Å². The first-order chi connectivity index (χ1) is 28.7. The lowest BCUT2D eigenvalue weighted by molar-refractivity contribution is 0.856. The molecular formula is C55H37N3. The van der Waals surface area contributed by atoms with E-state index >= 15 is 0 Å². The number of nitrogens with zero attached hydrogens (tertiary/aromatic N) is 3. The van der Waals surface area contributed by atoms with E-state index in [1.54, 1.807) is 0 Å². The second-order valence-corrected chi connectivity index (χ2v) is 15.2. The van der Waals surface area contributed by atoms with Crippen LogP contribution in [0.25, 0.3) is 93.4 Å². The highest BCUT2D eigenvalue weighted by atomic mass is 14.9. The molecule has 8 aromatic carbocycles. The Kier molecular flexibility index (Phi) is 8.29. The minimum absolute atomic E-state index is 0.180.